The highest BCUT2D eigenvalue weighted by molar-refractivity contribution is 7.16. The number of rotatable bonds is 6. The highest BCUT2D eigenvalue weighted by Gasteiger charge is 2.21. The van der Waals surface area contributed by atoms with E-state index in [1.807, 2.05) is 55.4 Å². The summed E-state index contributed by atoms with van der Waals surface area (Å²) in [6, 6.07) is 15.7. The van der Waals surface area contributed by atoms with Crippen LogP contribution in [0.1, 0.15) is 31.3 Å². The van der Waals surface area contributed by atoms with Crippen molar-refractivity contribution in [1.29, 1.82) is 0 Å². The number of carbonyl (C=O) groups is 2. The molecule has 3 aromatic heterocycles. The smallest absolute Gasteiger partial charge is 0.323 e. The first-order chi connectivity index (χ1) is 18.7. The van der Waals surface area contributed by atoms with E-state index in [-0.39, 0.29) is 17.1 Å². The molecule has 0 radical (unpaired) electrons. The maximum absolute atomic E-state index is 13.0. The van der Waals surface area contributed by atoms with Crippen LogP contribution in [0.5, 0.6) is 11.5 Å². The lowest BCUT2D eigenvalue weighted by Gasteiger charge is -2.18. The van der Waals surface area contributed by atoms with Crippen LogP contribution in [0.4, 0.5) is 16.2 Å². The van der Waals surface area contributed by atoms with Crippen molar-refractivity contribution >= 4 is 44.9 Å². The van der Waals surface area contributed by atoms with Crippen LogP contribution in [0.15, 0.2) is 72.5 Å². The Bertz CT molecular complexity index is 1650. The van der Waals surface area contributed by atoms with Gasteiger partial charge in [-0.1, -0.05) is 6.07 Å². The van der Waals surface area contributed by atoms with Crippen LogP contribution in [0, 0.1) is 0 Å². The third-order valence-corrected chi connectivity index (χ3v) is 6.60. The number of pyridine rings is 1. The summed E-state index contributed by atoms with van der Waals surface area (Å²) in [6.45, 7) is 6.14. The lowest BCUT2D eigenvalue weighted by Crippen LogP contribution is -2.22. The second kappa shape index (κ2) is 10.5. The summed E-state index contributed by atoms with van der Waals surface area (Å²) in [4.78, 5) is 33.2. The predicted octanol–water partition coefficient (Wildman–Crippen LogP) is 6.11. The highest BCUT2D eigenvalue weighted by Crippen LogP contribution is 2.32. The Balaban J connectivity index is 1.30. The third kappa shape index (κ3) is 5.88. The average Bonchev–Trinajstić information content (AvgIpc) is 3.56. The minimum atomic E-state index is -0.405. The number of amides is 3. The topological polar surface area (TPSA) is 123 Å². The van der Waals surface area contributed by atoms with Crippen LogP contribution in [0.3, 0.4) is 0 Å². The number of fused-ring (bicyclic) bond motifs is 1. The number of thiazole rings is 1. The number of nitrogens with zero attached hydrogens (tertiary/aromatic N) is 4. The average molecular weight is 542 g/mol. The van der Waals surface area contributed by atoms with Gasteiger partial charge in [0.1, 0.15) is 22.9 Å². The molecular formula is C28H27N7O3S. The second-order valence-electron chi connectivity index (χ2n) is 9.70. The van der Waals surface area contributed by atoms with Gasteiger partial charge in [-0.15, -0.1) is 11.3 Å². The number of aromatic nitrogens is 4. The Hall–Kier alpha value is -4.77. The zero-order valence-corrected chi connectivity index (χ0v) is 22.7. The summed E-state index contributed by atoms with van der Waals surface area (Å²) >= 11 is 1.58. The van der Waals surface area contributed by atoms with Crippen molar-refractivity contribution < 1.29 is 14.3 Å². The Labute approximate surface area is 229 Å². The number of urea groups is 1. The molecule has 10 nitrogen and oxygen atoms in total. The first-order valence-corrected chi connectivity index (χ1v) is 13.1. The quantitative estimate of drug-likeness (QED) is 0.238. The first-order valence-electron chi connectivity index (χ1n) is 12.2. The summed E-state index contributed by atoms with van der Waals surface area (Å²) in [6.07, 6.45) is 3.34. The van der Waals surface area contributed by atoms with Crippen molar-refractivity contribution in [1.82, 2.24) is 25.1 Å². The molecule has 0 fully saturated rings. The fourth-order valence-corrected chi connectivity index (χ4v) is 4.44. The standard InChI is InChI=1S/C28H27N7O3S/c1-28(2,3)35-15-23(25(34-35)17-5-10-24-21(13-17)31-16-39-24)33-27(37)32-18-6-8-19(9-7-18)38-20-11-12-30-22(14-20)26(36)29-4/h5-16H,1-4H3,(H,29,36)(H2,32,33,37). The summed E-state index contributed by atoms with van der Waals surface area (Å²) in [5.41, 5.74) is 5.36. The lowest BCUT2D eigenvalue weighted by atomic mass is 10.1. The van der Waals surface area contributed by atoms with Gasteiger partial charge in [-0.25, -0.2) is 9.78 Å². The van der Waals surface area contributed by atoms with Crippen molar-refractivity contribution in [2.75, 3.05) is 17.7 Å². The summed E-state index contributed by atoms with van der Waals surface area (Å²) in [7, 11) is 1.54. The van der Waals surface area contributed by atoms with Crippen LogP contribution < -0.4 is 20.7 Å². The van der Waals surface area contributed by atoms with Gasteiger partial charge in [0.25, 0.3) is 5.91 Å². The molecule has 5 aromatic rings. The Kier molecular flexibility index (Phi) is 6.99. The minimum Gasteiger partial charge on any atom is -0.457 e. The molecule has 0 aliphatic carbocycles. The zero-order chi connectivity index (χ0) is 27.6. The normalized spacial score (nSPS) is 11.3. The Morgan fingerprint density at radius 3 is 2.49 bits per heavy atom. The van der Waals surface area contributed by atoms with Gasteiger partial charge in [-0.05, 0) is 63.2 Å². The Morgan fingerprint density at radius 1 is 0.949 bits per heavy atom. The van der Waals surface area contributed by atoms with E-state index in [1.54, 1.807) is 47.7 Å². The molecule has 0 bridgehead atoms. The highest BCUT2D eigenvalue weighted by atomic mass is 32.1. The van der Waals surface area contributed by atoms with Gasteiger partial charge in [-0.3, -0.25) is 14.5 Å². The van der Waals surface area contributed by atoms with Crippen molar-refractivity contribution in [3.05, 3.63) is 78.2 Å². The van der Waals surface area contributed by atoms with Crippen LogP contribution in [-0.2, 0) is 5.54 Å². The minimum absolute atomic E-state index is 0.255. The van der Waals surface area contributed by atoms with Crippen molar-refractivity contribution in [2.45, 2.75) is 26.3 Å². The summed E-state index contributed by atoms with van der Waals surface area (Å²) in [5.74, 6) is 0.716. The van der Waals surface area contributed by atoms with Gasteiger partial charge >= 0.3 is 6.03 Å². The molecule has 198 valence electrons. The number of hydrogen-bond acceptors (Lipinski definition) is 7. The maximum atomic E-state index is 13.0. The molecule has 3 N–H and O–H groups in total. The molecule has 5 rings (SSSR count). The van der Waals surface area contributed by atoms with E-state index in [0.29, 0.717) is 28.6 Å². The predicted molar refractivity (Wildman–Crippen MR) is 153 cm³/mol. The number of benzene rings is 2. The number of nitrogens with one attached hydrogen (secondary N) is 3. The van der Waals surface area contributed by atoms with E-state index in [9.17, 15) is 9.59 Å². The molecule has 0 unspecified atom stereocenters. The van der Waals surface area contributed by atoms with Crippen LogP contribution in [0.25, 0.3) is 21.5 Å². The maximum Gasteiger partial charge on any atom is 0.323 e. The fourth-order valence-electron chi connectivity index (χ4n) is 3.78. The SMILES string of the molecule is CNC(=O)c1cc(Oc2ccc(NC(=O)Nc3cn(C(C)(C)C)nc3-c3ccc4scnc4c3)cc2)ccn1. The van der Waals surface area contributed by atoms with Crippen LogP contribution >= 0.6 is 11.3 Å². The third-order valence-electron chi connectivity index (χ3n) is 5.79. The van der Waals surface area contributed by atoms with Gasteiger partial charge in [0, 0.05) is 36.8 Å². The summed E-state index contributed by atoms with van der Waals surface area (Å²) < 4.78 is 8.75. The van der Waals surface area contributed by atoms with E-state index in [0.717, 1.165) is 15.8 Å². The van der Waals surface area contributed by atoms with Gasteiger partial charge in [0.05, 0.1) is 27.0 Å². The van der Waals surface area contributed by atoms with Crippen LogP contribution in [0.2, 0.25) is 0 Å². The second-order valence-corrected chi connectivity index (χ2v) is 10.6. The molecule has 3 amide bonds. The first kappa shape index (κ1) is 25.9. The molecule has 0 saturated carbocycles. The van der Waals surface area contributed by atoms with Gasteiger partial charge in [0.2, 0.25) is 0 Å². The fraction of sp³-hybridized carbons (Fsp3) is 0.179. The van der Waals surface area contributed by atoms with E-state index in [2.05, 4.69) is 25.9 Å². The zero-order valence-electron chi connectivity index (χ0n) is 21.9. The van der Waals surface area contributed by atoms with Crippen molar-refractivity contribution in [2.24, 2.45) is 0 Å². The van der Waals surface area contributed by atoms with Gasteiger partial charge < -0.3 is 20.7 Å². The molecule has 2 aromatic carbocycles. The molecule has 0 saturated heterocycles. The molecule has 0 aliphatic heterocycles. The van der Waals surface area contributed by atoms with E-state index < -0.39 is 6.03 Å². The van der Waals surface area contributed by atoms with Crippen molar-refractivity contribution in [3.8, 4) is 22.8 Å². The molecule has 0 aliphatic rings. The number of ether oxygens (including phenoxy) is 1. The van der Waals surface area contributed by atoms with E-state index in [4.69, 9.17) is 9.84 Å². The Morgan fingerprint density at radius 2 is 1.74 bits per heavy atom. The lowest BCUT2D eigenvalue weighted by molar-refractivity contribution is 0.0957. The number of hydrogen-bond donors (Lipinski definition) is 3. The van der Waals surface area contributed by atoms with Gasteiger partial charge in [0.15, 0.2) is 0 Å². The molecular weight excluding hydrogens is 514 g/mol. The van der Waals surface area contributed by atoms with Gasteiger partial charge in [-0.2, -0.15) is 5.10 Å². The molecule has 39 heavy (non-hydrogen) atoms. The molecule has 0 atom stereocenters. The van der Waals surface area contributed by atoms with E-state index >= 15 is 0 Å². The van der Waals surface area contributed by atoms with Crippen LogP contribution in [-0.4, -0.2) is 38.7 Å². The number of anilines is 2. The molecule has 11 heteroatoms. The number of carbonyl (C=O) groups excluding carboxylic acids is 2. The largest absolute Gasteiger partial charge is 0.457 e. The molecule has 0 spiro atoms. The summed E-state index contributed by atoms with van der Waals surface area (Å²) in [5, 5.41) is 13.1. The van der Waals surface area contributed by atoms with Crippen molar-refractivity contribution in [3.63, 3.8) is 0 Å². The monoisotopic (exact) mass is 541 g/mol. The van der Waals surface area contributed by atoms with E-state index in [1.165, 1.54) is 13.2 Å². The molecule has 3 heterocycles.